The Morgan fingerprint density at radius 3 is 2.54 bits per heavy atom. The van der Waals surface area contributed by atoms with Crippen molar-refractivity contribution >= 4 is 27.7 Å². The van der Waals surface area contributed by atoms with E-state index >= 15 is 0 Å². The van der Waals surface area contributed by atoms with Crippen LogP contribution in [0, 0.1) is 0 Å². The fourth-order valence-electron chi connectivity index (χ4n) is 4.56. The summed E-state index contributed by atoms with van der Waals surface area (Å²) < 4.78 is 30.9. The highest BCUT2D eigenvalue weighted by molar-refractivity contribution is 7.89. The highest BCUT2D eigenvalue weighted by atomic mass is 32.2. The van der Waals surface area contributed by atoms with Crippen LogP contribution in [0.3, 0.4) is 0 Å². The number of benzene rings is 3. The van der Waals surface area contributed by atoms with Gasteiger partial charge >= 0.3 is 0 Å². The molecule has 7 nitrogen and oxygen atoms in total. The van der Waals surface area contributed by atoms with Gasteiger partial charge in [0.15, 0.2) is 0 Å². The lowest BCUT2D eigenvalue weighted by molar-refractivity contribution is -0.113. The molecule has 0 radical (unpaired) electrons. The van der Waals surface area contributed by atoms with Crippen molar-refractivity contribution in [1.82, 2.24) is 14.3 Å². The fourth-order valence-corrected chi connectivity index (χ4v) is 5.81. The van der Waals surface area contributed by atoms with Gasteiger partial charge in [0.25, 0.3) is 5.91 Å². The van der Waals surface area contributed by atoms with Crippen LogP contribution in [0.2, 0.25) is 0 Å². The molecule has 8 heteroatoms. The van der Waals surface area contributed by atoms with Crippen molar-refractivity contribution in [2.24, 2.45) is 0 Å². The predicted molar refractivity (Wildman–Crippen MR) is 145 cm³/mol. The zero-order valence-corrected chi connectivity index (χ0v) is 21.3. The Balaban J connectivity index is 1.23. The summed E-state index contributed by atoms with van der Waals surface area (Å²) in [5, 5.41) is 0. The monoisotopic (exact) mass is 512 g/mol. The van der Waals surface area contributed by atoms with E-state index in [1.54, 1.807) is 37.8 Å². The van der Waals surface area contributed by atoms with Gasteiger partial charge < -0.3 is 9.47 Å². The summed E-state index contributed by atoms with van der Waals surface area (Å²) in [6.07, 6.45) is 11.2. The normalized spacial score (nSPS) is 15.4. The first-order valence-electron chi connectivity index (χ1n) is 12.1. The van der Waals surface area contributed by atoms with E-state index < -0.39 is 10.0 Å². The molecule has 3 aromatic carbocycles. The van der Waals surface area contributed by atoms with Gasteiger partial charge in [0, 0.05) is 42.9 Å². The molecule has 0 fully saturated rings. The molecule has 5 rings (SSSR count). The topological polar surface area (TPSA) is 84.3 Å². The van der Waals surface area contributed by atoms with Gasteiger partial charge in [0.2, 0.25) is 10.0 Å². The average molecular weight is 513 g/mol. The van der Waals surface area contributed by atoms with E-state index in [9.17, 15) is 13.2 Å². The first-order valence-corrected chi connectivity index (χ1v) is 13.6. The van der Waals surface area contributed by atoms with Gasteiger partial charge in [0.05, 0.1) is 11.2 Å². The third-order valence-corrected chi connectivity index (χ3v) is 8.13. The molecule has 0 spiro atoms. The van der Waals surface area contributed by atoms with Crippen LogP contribution < -0.4 is 9.62 Å². The number of amides is 1. The summed E-state index contributed by atoms with van der Waals surface area (Å²) in [7, 11) is -2.04. The first-order chi connectivity index (χ1) is 17.9. The van der Waals surface area contributed by atoms with Crippen LogP contribution in [0.4, 0.5) is 5.69 Å². The largest absolute Gasteiger partial charge is 0.312 e. The maximum absolute atomic E-state index is 13.1. The molecule has 1 aromatic heterocycles. The molecule has 0 bridgehead atoms. The number of rotatable bonds is 7. The lowest BCUT2D eigenvalue weighted by Gasteiger charge is -2.26. The number of fused-ring (bicyclic) bond motifs is 1. The molecule has 1 unspecified atom stereocenters. The average Bonchev–Trinajstić information content (AvgIpc) is 3.47. The zero-order valence-electron chi connectivity index (χ0n) is 20.5. The van der Waals surface area contributed by atoms with Gasteiger partial charge in [-0.1, -0.05) is 36.4 Å². The van der Waals surface area contributed by atoms with Gasteiger partial charge in [-0.15, -0.1) is 0 Å². The lowest BCUT2D eigenvalue weighted by atomic mass is 9.88. The van der Waals surface area contributed by atoms with E-state index in [4.69, 9.17) is 0 Å². The van der Waals surface area contributed by atoms with Gasteiger partial charge in [-0.3, -0.25) is 4.79 Å². The molecule has 0 aliphatic heterocycles. The Labute approximate surface area is 217 Å². The minimum absolute atomic E-state index is 0.175. The zero-order chi connectivity index (χ0) is 25.8. The molecule has 37 heavy (non-hydrogen) atoms. The molecule has 1 N–H and O–H groups in total. The van der Waals surface area contributed by atoms with E-state index in [2.05, 4.69) is 15.8 Å². The van der Waals surface area contributed by atoms with Gasteiger partial charge in [-0.05, 0) is 78.4 Å². The minimum atomic E-state index is -3.70. The Morgan fingerprint density at radius 2 is 1.81 bits per heavy atom. The van der Waals surface area contributed by atoms with Gasteiger partial charge in [-0.2, -0.15) is 0 Å². The molecule has 0 saturated heterocycles. The Bertz CT molecular complexity index is 1510. The number of sulfonamides is 1. The summed E-state index contributed by atoms with van der Waals surface area (Å²) in [4.78, 5) is 18.4. The third-order valence-electron chi connectivity index (χ3n) is 6.65. The molecule has 1 heterocycles. The van der Waals surface area contributed by atoms with Crippen LogP contribution in [0.15, 0.2) is 102 Å². The molecule has 4 aromatic rings. The molecule has 1 aliphatic carbocycles. The maximum Gasteiger partial charge on any atom is 0.250 e. The predicted octanol–water partition coefficient (Wildman–Crippen LogP) is 4.90. The van der Waals surface area contributed by atoms with E-state index in [1.165, 1.54) is 28.7 Å². The second-order valence-electron chi connectivity index (χ2n) is 9.05. The number of aromatic nitrogens is 2. The number of nitrogens with zero attached hydrogens (tertiary/aromatic N) is 3. The molecule has 1 atom stereocenters. The number of carbonyl (C=O) groups is 1. The molecule has 1 amide bonds. The standard InChI is InChI=1S/C29H28N4O3S/c1-32(29(34)18-11-22-9-12-25(13-10-22)33-20-19-30-21-33)24-14-16-26(17-15-24)37(35,36)31-28-8-4-6-23-5-2-3-7-27(23)28/h2-3,5,7,9-21,28,31H,4,6,8H2,1H3/b18-11+. The number of hydrogen-bond donors (Lipinski definition) is 1. The molecular formula is C29H28N4O3S. The quantitative estimate of drug-likeness (QED) is 0.357. The number of carbonyl (C=O) groups excluding carboxylic acids is 1. The van der Waals surface area contributed by atoms with Crippen molar-refractivity contribution in [1.29, 1.82) is 0 Å². The summed E-state index contributed by atoms with van der Waals surface area (Å²) in [5.41, 5.74) is 4.71. The first kappa shape index (κ1) is 24.7. The van der Waals surface area contributed by atoms with Crippen LogP contribution in [-0.2, 0) is 21.2 Å². The molecule has 1 aliphatic rings. The van der Waals surface area contributed by atoms with Gasteiger partial charge in [-0.25, -0.2) is 18.1 Å². The summed E-state index contributed by atoms with van der Waals surface area (Å²) in [6.45, 7) is 0. The number of likely N-dealkylation sites (N-methyl/N-ethyl adjacent to an activating group) is 1. The van der Waals surface area contributed by atoms with Crippen LogP contribution >= 0.6 is 0 Å². The van der Waals surface area contributed by atoms with Crippen molar-refractivity contribution in [2.75, 3.05) is 11.9 Å². The molecule has 188 valence electrons. The number of hydrogen-bond acceptors (Lipinski definition) is 4. The van der Waals surface area contributed by atoms with E-state index in [1.807, 2.05) is 53.2 Å². The van der Waals surface area contributed by atoms with E-state index in [0.717, 1.165) is 36.1 Å². The van der Waals surface area contributed by atoms with Crippen molar-refractivity contribution in [3.05, 3.63) is 114 Å². The summed E-state index contributed by atoms with van der Waals surface area (Å²) >= 11 is 0. The van der Waals surface area contributed by atoms with Crippen molar-refractivity contribution in [3.8, 4) is 5.69 Å². The lowest BCUT2D eigenvalue weighted by Crippen LogP contribution is -2.31. The number of imidazole rings is 1. The van der Waals surface area contributed by atoms with E-state index in [0.29, 0.717) is 5.69 Å². The van der Waals surface area contributed by atoms with Crippen LogP contribution in [0.1, 0.15) is 35.6 Å². The molecule has 0 saturated carbocycles. The molecular weight excluding hydrogens is 484 g/mol. The number of anilines is 1. The van der Waals surface area contributed by atoms with Crippen LogP contribution in [0.25, 0.3) is 11.8 Å². The third kappa shape index (κ3) is 5.55. The smallest absolute Gasteiger partial charge is 0.250 e. The van der Waals surface area contributed by atoms with Crippen molar-refractivity contribution < 1.29 is 13.2 Å². The Kier molecular flexibility index (Phi) is 7.03. The number of aryl methyl sites for hydroxylation is 1. The summed E-state index contributed by atoms with van der Waals surface area (Å²) in [6, 6.07) is 21.9. The highest BCUT2D eigenvalue weighted by Gasteiger charge is 2.25. The van der Waals surface area contributed by atoms with Crippen molar-refractivity contribution in [2.45, 2.75) is 30.2 Å². The Morgan fingerprint density at radius 1 is 1.05 bits per heavy atom. The van der Waals surface area contributed by atoms with Gasteiger partial charge in [0.1, 0.15) is 0 Å². The van der Waals surface area contributed by atoms with Crippen molar-refractivity contribution in [3.63, 3.8) is 0 Å². The second-order valence-corrected chi connectivity index (χ2v) is 10.8. The maximum atomic E-state index is 13.1. The second kappa shape index (κ2) is 10.5. The highest BCUT2D eigenvalue weighted by Crippen LogP contribution is 2.31. The van der Waals surface area contributed by atoms with E-state index in [-0.39, 0.29) is 16.8 Å². The van der Waals surface area contributed by atoms with Crippen LogP contribution in [-0.4, -0.2) is 30.9 Å². The number of nitrogens with one attached hydrogen (secondary N) is 1. The summed E-state index contributed by atoms with van der Waals surface area (Å²) in [5.74, 6) is -0.216. The SMILES string of the molecule is CN(C(=O)/C=C/c1ccc(-n2ccnc2)cc1)c1ccc(S(=O)(=O)NC2CCCc3ccccc32)cc1. The fraction of sp³-hybridized carbons (Fsp3) is 0.172. The minimum Gasteiger partial charge on any atom is -0.312 e. The van der Waals surface area contributed by atoms with Crippen LogP contribution in [0.5, 0.6) is 0 Å². The Hall–Kier alpha value is -4.01.